The van der Waals surface area contributed by atoms with Crippen LogP contribution in [0.3, 0.4) is 0 Å². The quantitative estimate of drug-likeness (QED) is 0.421. The molecule has 0 fully saturated rings. The molecule has 4 aromatic rings. The van der Waals surface area contributed by atoms with Gasteiger partial charge in [-0.05, 0) is 36.4 Å². The minimum Gasteiger partial charge on any atom is -0.467 e. The zero-order valence-electron chi connectivity index (χ0n) is 15.7. The fraction of sp³-hybridized carbons (Fsp3) is 0.143. The highest BCUT2D eigenvalue weighted by Crippen LogP contribution is 2.31. The molecular formula is C21H17FN2O4S2. The van der Waals surface area contributed by atoms with E-state index in [1.165, 1.54) is 29.4 Å². The first-order valence-corrected chi connectivity index (χ1v) is 11.6. The lowest BCUT2D eigenvalue weighted by atomic mass is 10.3. The number of fused-ring (bicyclic) bond motifs is 1. The molecule has 154 valence electrons. The number of carbonyl (C=O) groups excluding carboxylic acids is 1. The third-order valence-corrected chi connectivity index (χ3v) is 7.25. The summed E-state index contributed by atoms with van der Waals surface area (Å²) in [6.07, 6.45) is 1.24. The van der Waals surface area contributed by atoms with Crippen LogP contribution >= 0.6 is 11.3 Å². The van der Waals surface area contributed by atoms with Gasteiger partial charge >= 0.3 is 0 Å². The Balaban J connectivity index is 1.60. The Morgan fingerprint density at radius 3 is 2.57 bits per heavy atom. The van der Waals surface area contributed by atoms with Crippen molar-refractivity contribution >= 4 is 42.4 Å². The Labute approximate surface area is 176 Å². The maximum atomic E-state index is 14.1. The lowest BCUT2D eigenvalue weighted by Gasteiger charge is -2.18. The number of para-hydroxylation sites is 1. The van der Waals surface area contributed by atoms with Gasteiger partial charge in [0.2, 0.25) is 5.91 Å². The van der Waals surface area contributed by atoms with Crippen LogP contribution in [-0.2, 0) is 21.2 Å². The summed E-state index contributed by atoms with van der Waals surface area (Å²) in [5.41, 5.74) is 0.173. The molecule has 0 saturated carbocycles. The molecule has 6 nitrogen and oxygen atoms in total. The maximum Gasteiger partial charge on any atom is 0.230 e. The van der Waals surface area contributed by atoms with Crippen molar-refractivity contribution < 1.29 is 22.0 Å². The molecule has 0 spiro atoms. The van der Waals surface area contributed by atoms with Crippen LogP contribution in [0.15, 0.2) is 76.2 Å². The van der Waals surface area contributed by atoms with E-state index in [1.54, 1.807) is 42.5 Å². The summed E-state index contributed by atoms with van der Waals surface area (Å²) in [7, 11) is -3.61. The van der Waals surface area contributed by atoms with Gasteiger partial charge in [0.15, 0.2) is 15.0 Å². The zero-order valence-corrected chi connectivity index (χ0v) is 17.3. The Morgan fingerprint density at radius 2 is 1.87 bits per heavy atom. The number of amides is 1. The van der Waals surface area contributed by atoms with E-state index in [-0.39, 0.29) is 34.3 Å². The second-order valence-electron chi connectivity index (χ2n) is 6.52. The molecule has 4 rings (SSSR count). The normalized spacial score (nSPS) is 11.6. The van der Waals surface area contributed by atoms with Gasteiger partial charge in [-0.2, -0.15) is 0 Å². The number of anilines is 1. The van der Waals surface area contributed by atoms with Gasteiger partial charge in [0, 0.05) is 6.42 Å². The van der Waals surface area contributed by atoms with Crippen molar-refractivity contribution in [1.82, 2.24) is 4.98 Å². The molecule has 0 unspecified atom stereocenters. The van der Waals surface area contributed by atoms with Crippen LogP contribution in [0.25, 0.3) is 10.2 Å². The summed E-state index contributed by atoms with van der Waals surface area (Å²) in [4.78, 5) is 18.8. The number of nitrogens with zero attached hydrogens (tertiary/aromatic N) is 2. The molecule has 0 radical (unpaired) electrons. The number of halogens is 1. The lowest BCUT2D eigenvalue weighted by molar-refractivity contribution is -0.118. The molecule has 1 amide bonds. The Bertz CT molecular complexity index is 1270. The highest BCUT2D eigenvalue weighted by atomic mass is 32.2. The van der Waals surface area contributed by atoms with E-state index in [0.29, 0.717) is 10.5 Å². The molecule has 2 heterocycles. The summed E-state index contributed by atoms with van der Waals surface area (Å²) >= 11 is 1.16. The molecule has 2 aromatic heterocycles. The third-order valence-electron chi connectivity index (χ3n) is 4.47. The minimum atomic E-state index is -3.61. The minimum absolute atomic E-state index is 0.0681. The Morgan fingerprint density at radius 1 is 1.07 bits per heavy atom. The fourth-order valence-corrected chi connectivity index (χ4v) is 5.19. The molecule has 0 aliphatic rings. The highest BCUT2D eigenvalue weighted by molar-refractivity contribution is 7.91. The van der Waals surface area contributed by atoms with Crippen LogP contribution in [0.5, 0.6) is 0 Å². The molecule has 30 heavy (non-hydrogen) atoms. The first kappa shape index (κ1) is 20.2. The number of benzene rings is 2. The number of sulfone groups is 1. The predicted molar refractivity (Wildman–Crippen MR) is 113 cm³/mol. The first-order chi connectivity index (χ1) is 14.4. The monoisotopic (exact) mass is 444 g/mol. The molecule has 2 aromatic carbocycles. The molecule has 0 aliphatic heterocycles. The third kappa shape index (κ3) is 4.27. The van der Waals surface area contributed by atoms with E-state index in [9.17, 15) is 17.6 Å². The highest BCUT2D eigenvalue weighted by Gasteiger charge is 2.24. The van der Waals surface area contributed by atoms with E-state index >= 15 is 0 Å². The lowest BCUT2D eigenvalue weighted by Crippen LogP contribution is -2.31. The second-order valence-corrected chi connectivity index (χ2v) is 9.64. The average Bonchev–Trinajstić information content (AvgIpc) is 3.41. The van der Waals surface area contributed by atoms with E-state index in [4.69, 9.17) is 4.42 Å². The number of aromatic nitrogens is 1. The van der Waals surface area contributed by atoms with Gasteiger partial charge in [0.1, 0.15) is 17.1 Å². The standard InChI is InChI=1S/C21H17FN2O4S2/c22-17-9-4-10-18-20(17)23-21(29-18)24(14-15-6-5-12-28-15)19(25)11-13-30(26,27)16-7-2-1-3-8-16/h1-10,12H,11,13-14H2. The topological polar surface area (TPSA) is 80.5 Å². The number of furan rings is 1. The van der Waals surface area contributed by atoms with Crippen molar-refractivity contribution in [2.24, 2.45) is 0 Å². The number of hydrogen-bond donors (Lipinski definition) is 0. The Kier molecular flexibility index (Phi) is 5.65. The van der Waals surface area contributed by atoms with Gasteiger partial charge in [-0.25, -0.2) is 17.8 Å². The molecule has 0 N–H and O–H groups in total. The summed E-state index contributed by atoms with van der Waals surface area (Å²) < 4.78 is 45.1. The number of carbonyl (C=O) groups is 1. The second kappa shape index (κ2) is 8.37. The van der Waals surface area contributed by atoms with Gasteiger partial charge < -0.3 is 4.42 Å². The van der Waals surface area contributed by atoms with Gasteiger partial charge in [-0.1, -0.05) is 35.6 Å². The Hall–Kier alpha value is -3.04. The molecule has 0 aliphatic carbocycles. The summed E-state index contributed by atoms with van der Waals surface area (Å²) in [5.74, 6) is -0.754. The van der Waals surface area contributed by atoms with Crippen molar-refractivity contribution in [1.29, 1.82) is 0 Å². The molecule has 9 heteroatoms. The molecule has 0 saturated heterocycles. The van der Waals surface area contributed by atoms with Crippen molar-refractivity contribution in [3.8, 4) is 0 Å². The SMILES string of the molecule is O=C(CCS(=O)(=O)c1ccccc1)N(Cc1ccco1)c1nc2c(F)cccc2s1. The van der Waals surface area contributed by atoms with Crippen LogP contribution < -0.4 is 4.90 Å². The molecular weight excluding hydrogens is 427 g/mol. The van der Waals surface area contributed by atoms with Crippen LogP contribution in [0.4, 0.5) is 9.52 Å². The van der Waals surface area contributed by atoms with Crippen molar-refractivity contribution in [3.05, 3.63) is 78.5 Å². The zero-order chi connectivity index (χ0) is 21.1. The van der Waals surface area contributed by atoms with Crippen LogP contribution in [0.1, 0.15) is 12.2 Å². The predicted octanol–water partition coefficient (Wildman–Crippen LogP) is 4.43. The van der Waals surface area contributed by atoms with E-state index in [2.05, 4.69) is 4.98 Å². The molecule has 0 bridgehead atoms. The summed E-state index contributed by atoms with van der Waals surface area (Å²) in [6.45, 7) is 0.0681. The van der Waals surface area contributed by atoms with Crippen LogP contribution in [0.2, 0.25) is 0 Å². The van der Waals surface area contributed by atoms with Crippen molar-refractivity contribution in [2.45, 2.75) is 17.9 Å². The van der Waals surface area contributed by atoms with E-state index < -0.39 is 21.6 Å². The summed E-state index contributed by atoms with van der Waals surface area (Å²) in [5, 5.41) is 0.286. The van der Waals surface area contributed by atoms with E-state index in [0.717, 1.165) is 11.3 Å². The number of hydrogen-bond acceptors (Lipinski definition) is 6. The van der Waals surface area contributed by atoms with Crippen LogP contribution in [0, 0.1) is 5.82 Å². The number of thiazole rings is 1. The number of rotatable bonds is 7. The fourth-order valence-electron chi connectivity index (χ4n) is 2.94. The first-order valence-electron chi connectivity index (χ1n) is 9.10. The van der Waals surface area contributed by atoms with Gasteiger partial charge in [0.25, 0.3) is 0 Å². The van der Waals surface area contributed by atoms with Gasteiger partial charge in [-0.3, -0.25) is 9.69 Å². The smallest absolute Gasteiger partial charge is 0.230 e. The van der Waals surface area contributed by atoms with Crippen molar-refractivity contribution in [2.75, 3.05) is 10.7 Å². The van der Waals surface area contributed by atoms with Crippen molar-refractivity contribution in [3.63, 3.8) is 0 Å². The maximum absolute atomic E-state index is 14.1. The molecule has 0 atom stereocenters. The van der Waals surface area contributed by atoms with E-state index in [1.807, 2.05) is 0 Å². The summed E-state index contributed by atoms with van der Waals surface area (Å²) in [6, 6.07) is 16.0. The van der Waals surface area contributed by atoms with Gasteiger partial charge in [0.05, 0.1) is 28.2 Å². The largest absolute Gasteiger partial charge is 0.467 e. The van der Waals surface area contributed by atoms with Crippen LogP contribution in [-0.4, -0.2) is 25.1 Å². The average molecular weight is 445 g/mol. The van der Waals surface area contributed by atoms with Gasteiger partial charge in [-0.15, -0.1) is 0 Å².